The number of anilines is 1. The smallest absolute Gasteiger partial charge is 0.348 e. The highest BCUT2D eigenvalue weighted by Gasteiger charge is 2.16. The SMILES string of the molecule is CN1CCN(c2ccnc(=O)n2C)CC1. The molecule has 15 heavy (non-hydrogen) atoms. The van der Waals surface area contributed by atoms with Crippen LogP contribution in [0, 0.1) is 0 Å². The first-order valence-corrected chi connectivity index (χ1v) is 5.14. The molecule has 5 nitrogen and oxygen atoms in total. The summed E-state index contributed by atoms with van der Waals surface area (Å²) < 4.78 is 1.60. The Kier molecular flexibility index (Phi) is 2.73. The van der Waals surface area contributed by atoms with Crippen LogP contribution in [0.1, 0.15) is 0 Å². The van der Waals surface area contributed by atoms with E-state index in [1.807, 2.05) is 6.07 Å². The molecule has 0 spiro atoms. The van der Waals surface area contributed by atoms with Gasteiger partial charge in [-0.3, -0.25) is 4.57 Å². The number of piperazine rings is 1. The van der Waals surface area contributed by atoms with Gasteiger partial charge in [0.1, 0.15) is 5.82 Å². The van der Waals surface area contributed by atoms with Crippen LogP contribution >= 0.6 is 0 Å². The number of likely N-dealkylation sites (N-methyl/N-ethyl adjacent to an activating group) is 1. The Hall–Kier alpha value is -1.36. The molecule has 1 aliphatic rings. The molecule has 1 saturated heterocycles. The summed E-state index contributed by atoms with van der Waals surface area (Å²) in [5.74, 6) is 0.961. The summed E-state index contributed by atoms with van der Waals surface area (Å²) in [5, 5.41) is 0. The Balaban J connectivity index is 2.23. The fraction of sp³-hybridized carbons (Fsp3) is 0.600. The van der Waals surface area contributed by atoms with E-state index in [2.05, 4.69) is 21.8 Å². The lowest BCUT2D eigenvalue weighted by Crippen LogP contribution is -2.46. The van der Waals surface area contributed by atoms with Crippen LogP contribution in [0.15, 0.2) is 17.1 Å². The second-order valence-corrected chi connectivity index (χ2v) is 3.93. The van der Waals surface area contributed by atoms with Gasteiger partial charge in [-0.25, -0.2) is 9.78 Å². The molecule has 1 fully saturated rings. The minimum absolute atomic E-state index is 0.188. The number of hydrogen-bond donors (Lipinski definition) is 0. The van der Waals surface area contributed by atoms with Crippen LogP contribution in [0.25, 0.3) is 0 Å². The van der Waals surface area contributed by atoms with Crippen LogP contribution in [-0.4, -0.2) is 47.7 Å². The number of aromatic nitrogens is 2. The van der Waals surface area contributed by atoms with Crippen molar-refractivity contribution in [2.45, 2.75) is 0 Å². The van der Waals surface area contributed by atoms with Gasteiger partial charge in [0, 0.05) is 39.4 Å². The van der Waals surface area contributed by atoms with Crippen LogP contribution in [0.3, 0.4) is 0 Å². The van der Waals surface area contributed by atoms with Crippen molar-refractivity contribution in [2.24, 2.45) is 7.05 Å². The molecule has 2 heterocycles. The topological polar surface area (TPSA) is 41.4 Å². The summed E-state index contributed by atoms with van der Waals surface area (Å²) in [6.07, 6.45) is 1.58. The third-order valence-electron chi connectivity index (χ3n) is 2.87. The summed E-state index contributed by atoms with van der Waals surface area (Å²) in [5.41, 5.74) is -0.188. The first-order chi connectivity index (χ1) is 7.18. The summed E-state index contributed by atoms with van der Waals surface area (Å²) >= 11 is 0. The molecule has 82 valence electrons. The second-order valence-electron chi connectivity index (χ2n) is 3.93. The standard InChI is InChI=1S/C10H16N4O/c1-12-5-7-14(8-6-12)9-3-4-11-10(15)13(9)2/h3-4H,5-8H2,1-2H3. The van der Waals surface area contributed by atoms with Crippen molar-refractivity contribution in [3.63, 3.8) is 0 Å². The van der Waals surface area contributed by atoms with E-state index in [1.54, 1.807) is 17.8 Å². The predicted molar refractivity (Wildman–Crippen MR) is 59.2 cm³/mol. The Labute approximate surface area is 88.9 Å². The molecule has 0 bridgehead atoms. The van der Waals surface area contributed by atoms with E-state index < -0.39 is 0 Å². The van der Waals surface area contributed by atoms with Crippen LogP contribution < -0.4 is 10.6 Å². The highest BCUT2D eigenvalue weighted by Crippen LogP contribution is 2.11. The third kappa shape index (κ3) is 2.02. The Morgan fingerprint density at radius 3 is 2.53 bits per heavy atom. The highest BCUT2D eigenvalue weighted by atomic mass is 16.1. The van der Waals surface area contributed by atoms with Crippen molar-refractivity contribution < 1.29 is 0 Å². The summed E-state index contributed by atoms with van der Waals surface area (Å²) in [7, 11) is 3.88. The Morgan fingerprint density at radius 2 is 1.87 bits per heavy atom. The molecule has 2 rings (SSSR count). The van der Waals surface area contributed by atoms with Crippen molar-refractivity contribution in [1.29, 1.82) is 0 Å². The first kappa shape index (κ1) is 10.2. The average Bonchev–Trinajstić information content (AvgIpc) is 2.24. The minimum Gasteiger partial charge on any atom is -0.355 e. The van der Waals surface area contributed by atoms with Gasteiger partial charge in [-0.2, -0.15) is 0 Å². The summed E-state index contributed by atoms with van der Waals surface area (Å²) in [6.45, 7) is 4.01. The molecular weight excluding hydrogens is 192 g/mol. The fourth-order valence-electron chi connectivity index (χ4n) is 1.82. The maximum Gasteiger partial charge on any atom is 0.348 e. The van der Waals surface area contributed by atoms with E-state index >= 15 is 0 Å². The van der Waals surface area contributed by atoms with E-state index in [-0.39, 0.29) is 5.69 Å². The van der Waals surface area contributed by atoms with Gasteiger partial charge < -0.3 is 9.80 Å². The Bertz CT molecular complexity index is 393. The predicted octanol–water partition coefficient (Wildman–Crippen LogP) is -0.468. The monoisotopic (exact) mass is 208 g/mol. The third-order valence-corrected chi connectivity index (χ3v) is 2.87. The number of nitrogens with zero attached hydrogens (tertiary/aromatic N) is 4. The van der Waals surface area contributed by atoms with E-state index in [9.17, 15) is 4.79 Å². The lowest BCUT2D eigenvalue weighted by Gasteiger charge is -2.34. The zero-order chi connectivity index (χ0) is 10.8. The average molecular weight is 208 g/mol. The lowest BCUT2D eigenvalue weighted by atomic mass is 10.3. The molecule has 1 aromatic rings. The molecule has 0 N–H and O–H groups in total. The van der Waals surface area contributed by atoms with E-state index in [0.717, 1.165) is 32.0 Å². The zero-order valence-corrected chi connectivity index (χ0v) is 9.18. The van der Waals surface area contributed by atoms with Gasteiger partial charge in [-0.1, -0.05) is 0 Å². The lowest BCUT2D eigenvalue weighted by molar-refractivity contribution is 0.311. The molecule has 0 unspecified atom stereocenters. The maximum atomic E-state index is 11.4. The van der Waals surface area contributed by atoms with Crippen molar-refractivity contribution >= 4 is 5.82 Å². The summed E-state index contributed by atoms with van der Waals surface area (Å²) in [6, 6.07) is 1.90. The van der Waals surface area contributed by atoms with Crippen molar-refractivity contribution in [3.8, 4) is 0 Å². The van der Waals surface area contributed by atoms with Crippen LogP contribution in [-0.2, 0) is 7.05 Å². The molecule has 0 atom stereocenters. The first-order valence-electron chi connectivity index (χ1n) is 5.14. The molecule has 1 aliphatic heterocycles. The molecule has 0 aromatic carbocycles. The van der Waals surface area contributed by atoms with Crippen LogP contribution in [0.2, 0.25) is 0 Å². The van der Waals surface area contributed by atoms with Gasteiger partial charge in [-0.15, -0.1) is 0 Å². The Morgan fingerprint density at radius 1 is 1.20 bits per heavy atom. The molecule has 1 aromatic heterocycles. The van der Waals surface area contributed by atoms with Crippen LogP contribution in [0.5, 0.6) is 0 Å². The minimum atomic E-state index is -0.188. The van der Waals surface area contributed by atoms with E-state index in [0.29, 0.717) is 0 Å². The highest BCUT2D eigenvalue weighted by molar-refractivity contribution is 5.38. The number of rotatable bonds is 1. The van der Waals surface area contributed by atoms with E-state index in [1.165, 1.54) is 0 Å². The largest absolute Gasteiger partial charge is 0.355 e. The van der Waals surface area contributed by atoms with Gasteiger partial charge in [-0.05, 0) is 13.1 Å². The van der Waals surface area contributed by atoms with Gasteiger partial charge >= 0.3 is 5.69 Å². The molecular formula is C10H16N4O. The van der Waals surface area contributed by atoms with Gasteiger partial charge in [0.15, 0.2) is 0 Å². The zero-order valence-electron chi connectivity index (χ0n) is 9.18. The van der Waals surface area contributed by atoms with Gasteiger partial charge in [0.05, 0.1) is 0 Å². The molecule has 0 amide bonds. The quantitative estimate of drug-likeness (QED) is 0.626. The molecule has 0 saturated carbocycles. The fourth-order valence-corrected chi connectivity index (χ4v) is 1.82. The number of hydrogen-bond acceptors (Lipinski definition) is 4. The maximum absolute atomic E-state index is 11.4. The molecule has 0 radical (unpaired) electrons. The second kappa shape index (κ2) is 4.02. The van der Waals surface area contributed by atoms with Crippen LogP contribution in [0.4, 0.5) is 5.82 Å². The van der Waals surface area contributed by atoms with Gasteiger partial charge in [0.25, 0.3) is 0 Å². The van der Waals surface area contributed by atoms with Gasteiger partial charge in [0.2, 0.25) is 0 Å². The molecule has 5 heteroatoms. The summed E-state index contributed by atoms with van der Waals surface area (Å²) in [4.78, 5) is 19.6. The van der Waals surface area contributed by atoms with E-state index in [4.69, 9.17) is 0 Å². The van der Waals surface area contributed by atoms with Crippen molar-refractivity contribution in [1.82, 2.24) is 14.5 Å². The molecule has 0 aliphatic carbocycles. The normalized spacial score (nSPS) is 18.1. The van der Waals surface area contributed by atoms with Crippen molar-refractivity contribution in [2.75, 3.05) is 38.1 Å². The van der Waals surface area contributed by atoms with Crippen molar-refractivity contribution in [3.05, 3.63) is 22.7 Å².